The summed E-state index contributed by atoms with van der Waals surface area (Å²) in [5, 5.41) is 9.84. The van der Waals surface area contributed by atoms with Gasteiger partial charge in [-0.15, -0.1) is 0 Å². The highest BCUT2D eigenvalue weighted by Crippen LogP contribution is 2.23. The number of benzene rings is 1. The van der Waals surface area contributed by atoms with E-state index in [-0.39, 0.29) is 11.8 Å². The van der Waals surface area contributed by atoms with Crippen molar-refractivity contribution in [1.82, 2.24) is 10.2 Å². The second kappa shape index (κ2) is 7.09. The van der Waals surface area contributed by atoms with Gasteiger partial charge in [-0.1, -0.05) is 6.07 Å². The minimum atomic E-state index is -0.404. The van der Waals surface area contributed by atoms with Gasteiger partial charge in [-0.25, -0.2) is 4.79 Å². The first-order valence-corrected chi connectivity index (χ1v) is 7.53. The van der Waals surface area contributed by atoms with Gasteiger partial charge in [-0.05, 0) is 45.9 Å². The van der Waals surface area contributed by atoms with Gasteiger partial charge < -0.3 is 10.1 Å². The Kier molecular flexibility index (Phi) is 5.16. The summed E-state index contributed by atoms with van der Waals surface area (Å²) in [6, 6.07) is 6.71. The number of H-pyrrole nitrogens is 1. The predicted octanol–water partition coefficient (Wildman–Crippen LogP) is 2.95. The van der Waals surface area contributed by atoms with Crippen molar-refractivity contribution in [2.24, 2.45) is 0 Å². The van der Waals surface area contributed by atoms with E-state index in [4.69, 9.17) is 4.74 Å². The summed E-state index contributed by atoms with van der Waals surface area (Å²) < 4.78 is 4.96. The van der Waals surface area contributed by atoms with Gasteiger partial charge in [0.15, 0.2) is 0 Å². The quantitative estimate of drug-likeness (QED) is 0.831. The number of esters is 1. The molecule has 0 radical (unpaired) electrons. The Labute approximate surface area is 135 Å². The highest BCUT2D eigenvalue weighted by molar-refractivity contribution is 5.97. The number of nitrogens with one attached hydrogen (secondary N) is 2. The molecule has 1 atom stereocenters. The van der Waals surface area contributed by atoms with E-state index in [9.17, 15) is 9.59 Å². The second-order valence-electron chi connectivity index (χ2n) is 5.36. The highest BCUT2D eigenvalue weighted by Gasteiger charge is 2.21. The Balaban J connectivity index is 2.14. The first kappa shape index (κ1) is 16.7. The summed E-state index contributed by atoms with van der Waals surface area (Å²) >= 11 is 0. The van der Waals surface area contributed by atoms with Crippen LogP contribution in [0.1, 0.15) is 47.1 Å². The summed E-state index contributed by atoms with van der Waals surface area (Å²) in [5.41, 5.74) is 3.55. The van der Waals surface area contributed by atoms with Crippen LogP contribution in [0.4, 0.5) is 5.69 Å². The third-order valence-electron chi connectivity index (χ3n) is 3.65. The molecule has 2 N–H and O–H groups in total. The van der Waals surface area contributed by atoms with E-state index < -0.39 is 5.97 Å². The molecule has 23 heavy (non-hydrogen) atoms. The zero-order valence-corrected chi connectivity index (χ0v) is 13.8. The van der Waals surface area contributed by atoms with Gasteiger partial charge in [-0.2, -0.15) is 5.10 Å². The average molecular weight is 315 g/mol. The molecule has 0 saturated carbocycles. The monoisotopic (exact) mass is 315 g/mol. The molecular weight excluding hydrogens is 294 g/mol. The van der Waals surface area contributed by atoms with Crippen molar-refractivity contribution in [2.75, 3.05) is 11.9 Å². The van der Waals surface area contributed by atoms with Crippen LogP contribution in [-0.2, 0) is 9.53 Å². The van der Waals surface area contributed by atoms with Crippen molar-refractivity contribution < 1.29 is 14.3 Å². The van der Waals surface area contributed by atoms with Gasteiger partial charge in [0.2, 0.25) is 5.91 Å². The highest BCUT2D eigenvalue weighted by atomic mass is 16.5. The van der Waals surface area contributed by atoms with Crippen LogP contribution in [0.2, 0.25) is 0 Å². The molecule has 0 unspecified atom stereocenters. The summed E-state index contributed by atoms with van der Waals surface area (Å²) in [6.45, 7) is 7.64. The van der Waals surface area contributed by atoms with Crippen LogP contribution in [-0.4, -0.2) is 28.7 Å². The van der Waals surface area contributed by atoms with Gasteiger partial charge in [0.25, 0.3) is 0 Å². The first-order chi connectivity index (χ1) is 10.9. The Bertz CT molecular complexity index is 702. The number of ether oxygens (including phenoxy) is 1. The largest absolute Gasteiger partial charge is 0.462 e. The fourth-order valence-electron chi connectivity index (χ4n) is 2.52. The molecule has 6 nitrogen and oxygen atoms in total. The molecule has 1 aromatic heterocycles. The number of aromatic nitrogens is 2. The van der Waals surface area contributed by atoms with Crippen LogP contribution >= 0.6 is 0 Å². The number of rotatable bonds is 5. The van der Waals surface area contributed by atoms with E-state index in [1.165, 1.54) is 0 Å². The van der Waals surface area contributed by atoms with E-state index in [1.807, 2.05) is 20.8 Å². The van der Waals surface area contributed by atoms with Crippen LogP contribution in [0.15, 0.2) is 24.3 Å². The fourth-order valence-corrected chi connectivity index (χ4v) is 2.52. The number of nitrogens with zero attached hydrogens (tertiary/aromatic N) is 1. The lowest BCUT2D eigenvalue weighted by atomic mass is 9.98. The normalized spacial score (nSPS) is 11.8. The van der Waals surface area contributed by atoms with Crippen LogP contribution < -0.4 is 5.32 Å². The maximum atomic E-state index is 12.5. The Morgan fingerprint density at radius 2 is 2.09 bits per heavy atom. The van der Waals surface area contributed by atoms with Crippen molar-refractivity contribution in [3.8, 4) is 0 Å². The lowest BCUT2D eigenvalue weighted by Crippen LogP contribution is -2.20. The van der Waals surface area contributed by atoms with Crippen molar-refractivity contribution in [3.05, 3.63) is 46.8 Å². The molecule has 122 valence electrons. The molecule has 2 rings (SSSR count). The number of carbonyl (C=O) groups excluding carboxylic acids is 2. The summed E-state index contributed by atoms with van der Waals surface area (Å²) in [4.78, 5) is 24.2. The first-order valence-electron chi connectivity index (χ1n) is 7.53. The van der Waals surface area contributed by atoms with Crippen molar-refractivity contribution in [3.63, 3.8) is 0 Å². The smallest absolute Gasteiger partial charge is 0.338 e. The molecule has 6 heteroatoms. The molecular formula is C17H21N3O3. The SMILES string of the molecule is CCOC(=O)c1cccc(NC(=O)[C@@H](C)c2c(C)n[nH]c2C)c1. The van der Waals surface area contributed by atoms with Gasteiger partial charge in [0.1, 0.15) is 0 Å². The summed E-state index contributed by atoms with van der Waals surface area (Å²) in [6.07, 6.45) is 0. The molecule has 1 aromatic carbocycles. The lowest BCUT2D eigenvalue weighted by molar-refractivity contribution is -0.117. The molecule has 1 amide bonds. The minimum absolute atomic E-state index is 0.154. The van der Waals surface area contributed by atoms with Crippen molar-refractivity contribution in [1.29, 1.82) is 0 Å². The lowest BCUT2D eigenvalue weighted by Gasteiger charge is -2.13. The number of carbonyl (C=O) groups is 2. The molecule has 1 heterocycles. The maximum Gasteiger partial charge on any atom is 0.338 e. The third-order valence-corrected chi connectivity index (χ3v) is 3.65. The number of aromatic amines is 1. The molecule has 0 spiro atoms. The molecule has 0 aliphatic rings. The standard InChI is InChI=1S/C17H21N3O3/c1-5-23-17(22)13-7-6-8-14(9-13)18-16(21)10(2)15-11(3)19-20-12(15)4/h6-10H,5H2,1-4H3,(H,18,21)(H,19,20)/t10-/m0/s1. The van der Waals surface area contributed by atoms with Crippen LogP contribution in [0.25, 0.3) is 0 Å². The molecule has 0 aliphatic heterocycles. The van der Waals surface area contributed by atoms with Crippen LogP contribution in [0.3, 0.4) is 0 Å². The van der Waals surface area contributed by atoms with Crippen molar-refractivity contribution >= 4 is 17.6 Å². The van der Waals surface area contributed by atoms with Crippen LogP contribution in [0, 0.1) is 13.8 Å². The van der Waals surface area contributed by atoms with E-state index in [0.717, 1.165) is 17.0 Å². The van der Waals surface area contributed by atoms with Gasteiger partial charge in [0.05, 0.1) is 23.8 Å². The Morgan fingerprint density at radius 3 is 2.70 bits per heavy atom. The maximum absolute atomic E-state index is 12.5. The number of aryl methyl sites for hydroxylation is 2. The van der Waals surface area contributed by atoms with E-state index >= 15 is 0 Å². The number of amides is 1. The van der Waals surface area contributed by atoms with Gasteiger partial charge in [0, 0.05) is 16.9 Å². The summed E-state index contributed by atoms with van der Waals surface area (Å²) in [5.74, 6) is -0.906. The molecule has 2 aromatic rings. The second-order valence-corrected chi connectivity index (χ2v) is 5.36. The van der Waals surface area contributed by atoms with Crippen molar-refractivity contribution in [2.45, 2.75) is 33.6 Å². The molecule has 0 bridgehead atoms. The van der Waals surface area contributed by atoms with E-state index in [0.29, 0.717) is 17.9 Å². The number of anilines is 1. The van der Waals surface area contributed by atoms with E-state index in [1.54, 1.807) is 31.2 Å². The third kappa shape index (κ3) is 3.77. The Hall–Kier alpha value is -2.63. The molecule has 0 aliphatic carbocycles. The van der Waals surface area contributed by atoms with Gasteiger partial charge >= 0.3 is 5.97 Å². The van der Waals surface area contributed by atoms with E-state index in [2.05, 4.69) is 15.5 Å². The van der Waals surface area contributed by atoms with Crippen LogP contribution in [0.5, 0.6) is 0 Å². The Morgan fingerprint density at radius 1 is 1.35 bits per heavy atom. The average Bonchev–Trinajstić information content (AvgIpc) is 2.86. The molecule has 0 saturated heterocycles. The fraction of sp³-hybridized carbons (Fsp3) is 0.353. The topological polar surface area (TPSA) is 84.1 Å². The predicted molar refractivity (Wildman–Crippen MR) is 87.5 cm³/mol. The van der Waals surface area contributed by atoms with Gasteiger partial charge in [-0.3, -0.25) is 9.89 Å². The summed E-state index contributed by atoms with van der Waals surface area (Å²) in [7, 11) is 0. The zero-order valence-electron chi connectivity index (χ0n) is 13.8. The zero-order chi connectivity index (χ0) is 17.0. The number of hydrogen-bond acceptors (Lipinski definition) is 4. The minimum Gasteiger partial charge on any atom is -0.462 e. The number of hydrogen-bond donors (Lipinski definition) is 2. The molecule has 0 fully saturated rings.